The number of thiophene rings is 1. The molecule has 1 heterocycles. The fraction of sp³-hybridized carbons (Fsp3) is 0.167. The minimum absolute atomic E-state index is 0.0390. The lowest BCUT2D eigenvalue weighted by Gasteiger charge is -2.13. The summed E-state index contributed by atoms with van der Waals surface area (Å²) >= 11 is 8.69. The van der Waals surface area contributed by atoms with E-state index < -0.39 is 0 Å². The number of benzene rings is 1. The molecule has 0 aliphatic carbocycles. The van der Waals surface area contributed by atoms with Gasteiger partial charge in [-0.1, -0.05) is 37.9 Å². The maximum atomic E-state index is 6.20. The lowest BCUT2D eigenvalue weighted by molar-refractivity contribution is 0.720. The van der Waals surface area contributed by atoms with Crippen LogP contribution in [0.2, 0.25) is 0 Å². The third-order valence-corrected chi connectivity index (χ3v) is 4.31. The summed E-state index contributed by atoms with van der Waals surface area (Å²) in [5.41, 5.74) is 8.64. The Hall–Kier alpha value is -0.160. The fourth-order valence-corrected chi connectivity index (χ4v) is 3.60. The predicted molar refractivity (Wildman–Crippen MR) is 76.8 cm³/mol. The Labute approximate surface area is 116 Å². The topological polar surface area (TPSA) is 26.0 Å². The van der Waals surface area contributed by atoms with Crippen molar-refractivity contribution in [2.75, 3.05) is 0 Å². The van der Waals surface area contributed by atoms with Crippen LogP contribution in [0.25, 0.3) is 0 Å². The Bertz CT molecular complexity index is 468. The van der Waals surface area contributed by atoms with Gasteiger partial charge < -0.3 is 5.73 Å². The number of rotatable bonds is 3. The maximum absolute atomic E-state index is 6.20. The van der Waals surface area contributed by atoms with Gasteiger partial charge in [-0.05, 0) is 46.5 Å². The third kappa shape index (κ3) is 2.94. The van der Waals surface area contributed by atoms with Gasteiger partial charge in [0.15, 0.2) is 0 Å². The normalized spacial score (nSPS) is 12.7. The molecule has 84 valence electrons. The molecule has 0 radical (unpaired) electrons. The van der Waals surface area contributed by atoms with Crippen LogP contribution in [-0.4, -0.2) is 0 Å². The van der Waals surface area contributed by atoms with Gasteiger partial charge in [0.1, 0.15) is 0 Å². The van der Waals surface area contributed by atoms with Gasteiger partial charge in [-0.25, -0.2) is 0 Å². The van der Waals surface area contributed by atoms with E-state index in [2.05, 4.69) is 54.8 Å². The minimum Gasteiger partial charge on any atom is -0.324 e. The van der Waals surface area contributed by atoms with Crippen LogP contribution >= 0.6 is 43.2 Å². The SMILES string of the molecule is NC(Cc1ccsc1)c1ccc(Br)cc1Br. The highest BCUT2D eigenvalue weighted by Gasteiger charge is 2.11. The average molecular weight is 361 g/mol. The Kier molecular flexibility index (Phi) is 4.19. The van der Waals surface area contributed by atoms with E-state index in [-0.39, 0.29) is 6.04 Å². The molecule has 4 heteroatoms. The second-order valence-electron chi connectivity index (χ2n) is 3.61. The molecule has 2 rings (SSSR count). The molecule has 0 amide bonds. The van der Waals surface area contributed by atoms with Crippen LogP contribution in [0.5, 0.6) is 0 Å². The van der Waals surface area contributed by atoms with E-state index in [0.717, 1.165) is 20.9 Å². The molecular weight excluding hydrogens is 350 g/mol. The van der Waals surface area contributed by atoms with Crippen molar-refractivity contribution in [3.63, 3.8) is 0 Å². The summed E-state index contributed by atoms with van der Waals surface area (Å²) in [5, 5.41) is 4.23. The van der Waals surface area contributed by atoms with Crippen molar-refractivity contribution in [1.82, 2.24) is 0 Å². The van der Waals surface area contributed by atoms with Crippen molar-refractivity contribution in [2.24, 2.45) is 5.73 Å². The molecule has 0 spiro atoms. The monoisotopic (exact) mass is 359 g/mol. The van der Waals surface area contributed by atoms with Crippen LogP contribution in [0.15, 0.2) is 44.0 Å². The largest absolute Gasteiger partial charge is 0.324 e. The summed E-state index contributed by atoms with van der Waals surface area (Å²) in [6, 6.07) is 8.27. The summed E-state index contributed by atoms with van der Waals surface area (Å²) in [5.74, 6) is 0. The molecule has 16 heavy (non-hydrogen) atoms. The number of hydrogen-bond donors (Lipinski definition) is 1. The van der Waals surface area contributed by atoms with Gasteiger partial charge in [0, 0.05) is 15.0 Å². The lowest BCUT2D eigenvalue weighted by atomic mass is 10.0. The Morgan fingerprint density at radius 2 is 2.06 bits per heavy atom. The van der Waals surface area contributed by atoms with Crippen molar-refractivity contribution in [3.05, 3.63) is 55.1 Å². The Balaban J connectivity index is 2.17. The summed E-state index contributed by atoms with van der Waals surface area (Å²) in [6.45, 7) is 0. The first-order chi connectivity index (χ1) is 7.66. The summed E-state index contributed by atoms with van der Waals surface area (Å²) in [6.07, 6.45) is 0.879. The van der Waals surface area contributed by atoms with E-state index in [1.165, 1.54) is 5.56 Å². The quantitative estimate of drug-likeness (QED) is 0.855. The summed E-state index contributed by atoms with van der Waals surface area (Å²) < 4.78 is 2.12. The molecule has 1 aromatic carbocycles. The van der Waals surface area contributed by atoms with E-state index in [1.54, 1.807) is 11.3 Å². The summed E-state index contributed by atoms with van der Waals surface area (Å²) in [7, 11) is 0. The highest BCUT2D eigenvalue weighted by molar-refractivity contribution is 9.11. The van der Waals surface area contributed by atoms with Gasteiger partial charge in [0.05, 0.1) is 0 Å². The first kappa shape index (κ1) is 12.3. The van der Waals surface area contributed by atoms with Crippen LogP contribution < -0.4 is 5.73 Å². The minimum atomic E-state index is 0.0390. The molecule has 0 aliphatic heterocycles. The van der Waals surface area contributed by atoms with E-state index in [9.17, 15) is 0 Å². The summed E-state index contributed by atoms with van der Waals surface area (Å²) in [4.78, 5) is 0. The zero-order valence-electron chi connectivity index (χ0n) is 8.49. The Morgan fingerprint density at radius 1 is 1.25 bits per heavy atom. The van der Waals surface area contributed by atoms with Crippen molar-refractivity contribution in [3.8, 4) is 0 Å². The second-order valence-corrected chi connectivity index (χ2v) is 6.16. The highest BCUT2D eigenvalue weighted by atomic mass is 79.9. The van der Waals surface area contributed by atoms with Gasteiger partial charge in [-0.3, -0.25) is 0 Å². The molecule has 0 aliphatic rings. The zero-order chi connectivity index (χ0) is 11.5. The molecule has 0 fully saturated rings. The third-order valence-electron chi connectivity index (χ3n) is 2.40. The van der Waals surface area contributed by atoms with Crippen LogP contribution in [-0.2, 0) is 6.42 Å². The lowest BCUT2D eigenvalue weighted by Crippen LogP contribution is -2.13. The first-order valence-corrected chi connectivity index (χ1v) is 7.41. The van der Waals surface area contributed by atoms with Crippen molar-refractivity contribution in [2.45, 2.75) is 12.5 Å². The molecule has 1 nitrogen and oxygen atoms in total. The van der Waals surface area contributed by atoms with Crippen molar-refractivity contribution in [1.29, 1.82) is 0 Å². The fourth-order valence-electron chi connectivity index (χ4n) is 1.57. The number of nitrogens with two attached hydrogens (primary N) is 1. The standard InChI is InChI=1S/C12H11Br2NS/c13-9-1-2-10(11(14)6-9)12(15)5-8-3-4-16-7-8/h1-4,6-7,12H,5,15H2. The molecular formula is C12H11Br2NS. The van der Waals surface area contributed by atoms with E-state index in [4.69, 9.17) is 5.73 Å². The zero-order valence-corrected chi connectivity index (χ0v) is 12.5. The molecule has 1 aromatic heterocycles. The molecule has 0 saturated heterocycles. The van der Waals surface area contributed by atoms with Crippen molar-refractivity contribution >= 4 is 43.2 Å². The van der Waals surface area contributed by atoms with Crippen LogP contribution in [0.3, 0.4) is 0 Å². The predicted octanol–water partition coefficient (Wildman–Crippen LogP) is 4.52. The van der Waals surface area contributed by atoms with Crippen LogP contribution in [0.4, 0.5) is 0 Å². The van der Waals surface area contributed by atoms with Crippen LogP contribution in [0.1, 0.15) is 17.2 Å². The smallest absolute Gasteiger partial charge is 0.0347 e. The average Bonchev–Trinajstić information content (AvgIpc) is 2.70. The van der Waals surface area contributed by atoms with Crippen LogP contribution in [0, 0.1) is 0 Å². The molecule has 1 atom stereocenters. The second kappa shape index (κ2) is 5.45. The van der Waals surface area contributed by atoms with E-state index >= 15 is 0 Å². The van der Waals surface area contributed by atoms with Gasteiger partial charge in [0.2, 0.25) is 0 Å². The molecule has 2 aromatic rings. The molecule has 1 unspecified atom stereocenters. The molecule has 0 saturated carbocycles. The molecule has 2 N–H and O–H groups in total. The number of halogens is 2. The van der Waals surface area contributed by atoms with E-state index in [0.29, 0.717) is 0 Å². The van der Waals surface area contributed by atoms with Crippen molar-refractivity contribution < 1.29 is 0 Å². The van der Waals surface area contributed by atoms with Gasteiger partial charge >= 0.3 is 0 Å². The van der Waals surface area contributed by atoms with Gasteiger partial charge in [0.25, 0.3) is 0 Å². The molecule has 0 bridgehead atoms. The van der Waals surface area contributed by atoms with E-state index in [1.807, 2.05) is 12.1 Å². The number of hydrogen-bond acceptors (Lipinski definition) is 2. The maximum Gasteiger partial charge on any atom is 0.0347 e. The van der Waals surface area contributed by atoms with Gasteiger partial charge in [-0.2, -0.15) is 11.3 Å². The first-order valence-electron chi connectivity index (χ1n) is 4.88. The van der Waals surface area contributed by atoms with Gasteiger partial charge in [-0.15, -0.1) is 0 Å². The Morgan fingerprint density at radius 3 is 2.69 bits per heavy atom. The highest BCUT2D eigenvalue weighted by Crippen LogP contribution is 2.27.